The highest BCUT2D eigenvalue weighted by Crippen LogP contribution is 2.12. The molecule has 1 rings (SSSR count). The van der Waals surface area contributed by atoms with E-state index >= 15 is 0 Å². The zero-order valence-corrected chi connectivity index (χ0v) is 15.3. The topological polar surface area (TPSA) is 36.9 Å². The predicted octanol–water partition coefficient (Wildman–Crippen LogP) is 3.00. The first-order valence-corrected chi connectivity index (χ1v) is 6.79. The van der Waals surface area contributed by atoms with Crippen LogP contribution in [0.4, 0.5) is 0 Å². The lowest BCUT2D eigenvalue weighted by molar-refractivity contribution is 0.152. The van der Waals surface area contributed by atoms with Gasteiger partial charge in [0.15, 0.2) is 5.96 Å². The number of hydrogen-bond acceptors (Lipinski definition) is 2. The molecule has 1 N–H and O–H groups in total. The summed E-state index contributed by atoms with van der Waals surface area (Å²) >= 11 is 5.98. The minimum atomic E-state index is 0. The molecule has 1 aromatic rings. The molecule has 0 unspecified atom stereocenters. The molecule has 6 heteroatoms. The average molecular weight is 412 g/mol. The highest BCUT2D eigenvalue weighted by Gasteiger charge is 2.06. The lowest BCUT2D eigenvalue weighted by atomic mass is 10.2. The normalized spacial score (nSPS) is 10.9. The van der Waals surface area contributed by atoms with Crippen LogP contribution >= 0.6 is 35.6 Å². The van der Waals surface area contributed by atoms with Crippen molar-refractivity contribution < 1.29 is 4.74 Å². The van der Waals surface area contributed by atoms with E-state index in [0.717, 1.165) is 36.2 Å². The summed E-state index contributed by atoms with van der Waals surface area (Å²) in [6, 6.07) is 7.85. The molecule has 20 heavy (non-hydrogen) atoms. The van der Waals surface area contributed by atoms with Crippen molar-refractivity contribution in [2.75, 3.05) is 33.9 Å². The average Bonchev–Trinajstić information content (AvgIpc) is 2.38. The van der Waals surface area contributed by atoms with Gasteiger partial charge < -0.3 is 15.0 Å². The summed E-state index contributed by atoms with van der Waals surface area (Å²) in [5, 5.41) is 4.01. The van der Waals surface area contributed by atoms with Crippen LogP contribution in [-0.2, 0) is 11.3 Å². The Labute approximate surface area is 143 Å². The predicted molar refractivity (Wildman–Crippen MR) is 96.2 cm³/mol. The van der Waals surface area contributed by atoms with E-state index in [9.17, 15) is 0 Å². The summed E-state index contributed by atoms with van der Waals surface area (Å²) in [5.41, 5.74) is 1.16. The van der Waals surface area contributed by atoms with Crippen molar-refractivity contribution in [3.05, 3.63) is 34.9 Å². The van der Waals surface area contributed by atoms with E-state index in [0.29, 0.717) is 6.61 Å². The number of aliphatic imine (C=N–C) groups is 1. The zero-order chi connectivity index (χ0) is 14.1. The summed E-state index contributed by atoms with van der Waals surface area (Å²) in [7, 11) is 3.77. The third-order valence-corrected chi connectivity index (χ3v) is 2.85. The Morgan fingerprint density at radius 2 is 2.20 bits per heavy atom. The lowest BCUT2D eigenvalue weighted by Gasteiger charge is -2.22. The van der Waals surface area contributed by atoms with Crippen LogP contribution < -0.4 is 5.32 Å². The first-order valence-electron chi connectivity index (χ1n) is 6.41. The Bertz CT molecular complexity index is 415. The minimum Gasteiger partial charge on any atom is -0.380 e. The van der Waals surface area contributed by atoms with Crippen LogP contribution in [0.3, 0.4) is 0 Å². The van der Waals surface area contributed by atoms with Gasteiger partial charge in [-0.1, -0.05) is 23.7 Å². The van der Waals surface area contributed by atoms with E-state index in [-0.39, 0.29) is 24.0 Å². The molecule has 0 aliphatic carbocycles. The first-order chi connectivity index (χ1) is 9.17. The third kappa shape index (κ3) is 7.31. The fraction of sp³-hybridized carbons (Fsp3) is 0.500. The second-order valence-electron chi connectivity index (χ2n) is 4.16. The van der Waals surface area contributed by atoms with Crippen molar-refractivity contribution in [1.29, 1.82) is 0 Å². The van der Waals surface area contributed by atoms with Gasteiger partial charge in [-0.2, -0.15) is 0 Å². The number of benzene rings is 1. The maximum atomic E-state index is 5.98. The number of guanidine groups is 1. The Hall–Kier alpha value is -0.530. The number of nitrogens with one attached hydrogen (secondary N) is 1. The molecule has 0 aliphatic heterocycles. The van der Waals surface area contributed by atoms with Crippen LogP contribution in [-0.4, -0.2) is 44.7 Å². The number of nitrogens with zero attached hydrogens (tertiary/aromatic N) is 2. The molecule has 114 valence electrons. The maximum Gasteiger partial charge on any atom is 0.193 e. The number of halogens is 2. The van der Waals surface area contributed by atoms with Gasteiger partial charge in [-0.15, -0.1) is 24.0 Å². The highest BCUT2D eigenvalue weighted by atomic mass is 127. The van der Waals surface area contributed by atoms with Gasteiger partial charge >= 0.3 is 0 Å². The summed E-state index contributed by atoms with van der Waals surface area (Å²) in [4.78, 5) is 6.30. The monoisotopic (exact) mass is 411 g/mol. The molecule has 0 fully saturated rings. The van der Waals surface area contributed by atoms with Gasteiger partial charge in [0.25, 0.3) is 0 Å². The Morgan fingerprint density at radius 3 is 2.80 bits per heavy atom. The van der Waals surface area contributed by atoms with Gasteiger partial charge in [-0.3, -0.25) is 4.99 Å². The molecule has 0 spiro atoms. The van der Waals surface area contributed by atoms with Crippen LogP contribution in [0.25, 0.3) is 0 Å². The van der Waals surface area contributed by atoms with Gasteiger partial charge in [0.2, 0.25) is 0 Å². The SMILES string of the molecule is CCOCCNC(=NC)N(C)Cc1cccc(Cl)c1.I. The fourth-order valence-electron chi connectivity index (χ4n) is 1.75. The second kappa shape index (κ2) is 11.2. The van der Waals surface area contributed by atoms with Crippen molar-refractivity contribution >= 4 is 41.5 Å². The molecule has 0 aliphatic rings. The Morgan fingerprint density at radius 1 is 1.45 bits per heavy atom. The molecule has 0 radical (unpaired) electrons. The third-order valence-electron chi connectivity index (χ3n) is 2.62. The molecular formula is C14H23ClIN3O. The second-order valence-corrected chi connectivity index (χ2v) is 4.59. The number of ether oxygens (including phenoxy) is 1. The largest absolute Gasteiger partial charge is 0.380 e. The van der Waals surface area contributed by atoms with Gasteiger partial charge in [-0.05, 0) is 24.6 Å². The molecule has 0 saturated heterocycles. The van der Waals surface area contributed by atoms with E-state index < -0.39 is 0 Å². The van der Waals surface area contributed by atoms with Crippen molar-refractivity contribution in [2.45, 2.75) is 13.5 Å². The van der Waals surface area contributed by atoms with E-state index in [1.54, 1.807) is 7.05 Å². The van der Waals surface area contributed by atoms with Crippen LogP contribution in [0.15, 0.2) is 29.3 Å². The maximum absolute atomic E-state index is 5.98. The van der Waals surface area contributed by atoms with Crippen molar-refractivity contribution in [3.8, 4) is 0 Å². The summed E-state index contributed by atoms with van der Waals surface area (Å²) in [6.45, 7) is 4.91. The zero-order valence-electron chi connectivity index (χ0n) is 12.2. The molecule has 0 bridgehead atoms. The van der Waals surface area contributed by atoms with Gasteiger partial charge in [0.05, 0.1) is 6.61 Å². The minimum absolute atomic E-state index is 0. The molecular weight excluding hydrogens is 389 g/mol. The van der Waals surface area contributed by atoms with Crippen LogP contribution in [0.1, 0.15) is 12.5 Å². The molecule has 0 amide bonds. The Balaban J connectivity index is 0.00000361. The van der Waals surface area contributed by atoms with Crippen molar-refractivity contribution in [1.82, 2.24) is 10.2 Å². The molecule has 1 aromatic carbocycles. The summed E-state index contributed by atoms with van der Waals surface area (Å²) < 4.78 is 5.29. The van der Waals surface area contributed by atoms with Crippen LogP contribution in [0, 0.1) is 0 Å². The van der Waals surface area contributed by atoms with Crippen LogP contribution in [0.5, 0.6) is 0 Å². The van der Waals surface area contributed by atoms with Crippen molar-refractivity contribution in [2.24, 2.45) is 4.99 Å². The standard InChI is InChI=1S/C14H22ClN3O.HI/c1-4-19-9-8-17-14(16-2)18(3)11-12-6-5-7-13(15)10-12;/h5-7,10H,4,8-9,11H2,1-3H3,(H,16,17);1H. The van der Waals surface area contributed by atoms with E-state index in [2.05, 4.69) is 21.3 Å². The van der Waals surface area contributed by atoms with Gasteiger partial charge in [0.1, 0.15) is 0 Å². The quantitative estimate of drug-likeness (QED) is 0.338. The van der Waals surface area contributed by atoms with Gasteiger partial charge in [0, 0.05) is 38.8 Å². The number of hydrogen-bond donors (Lipinski definition) is 1. The van der Waals surface area contributed by atoms with Crippen molar-refractivity contribution in [3.63, 3.8) is 0 Å². The smallest absolute Gasteiger partial charge is 0.193 e. The lowest BCUT2D eigenvalue weighted by Crippen LogP contribution is -2.39. The molecule has 0 aromatic heterocycles. The molecule has 0 atom stereocenters. The molecule has 0 heterocycles. The molecule has 4 nitrogen and oxygen atoms in total. The highest BCUT2D eigenvalue weighted by molar-refractivity contribution is 14.0. The summed E-state index contributed by atoms with van der Waals surface area (Å²) in [6.07, 6.45) is 0. The molecule has 0 saturated carbocycles. The fourth-order valence-corrected chi connectivity index (χ4v) is 1.96. The van der Waals surface area contributed by atoms with Crippen LogP contribution in [0.2, 0.25) is 5.02 Å². The van der Waals surface area contributed by atoms with Gasteiger partial charge in [-0.25, -0.2) is 0 Å². The summed E-state index contributed by atoms with van der Waals surface area (Å²) in [5.74, 6) is 0.847. The Kier molecular flexibility index (Phi) is 10.9. The van der Waals surface area contributed by atoms with E-state index in [1.807, 2.05) is 32.2 Å². The van der Waals surface area contributed by atoms with E-state index in [1.165, 1.54) is 0 Å². The van der Waals surface area contributed by atoms with E-state index in [4.69, 9.17) is 16.3 Å². The number of rotatable bonds is 6. The first kappa shape index (κ1) is 19.5.